The van der Waals surface area contributed by atoms with E-state index >= 15 is 0 Å². The van der Waals surface area contributed by atoms with Gasteiger partial charge in [-0.1, -0.05) is 51.7 Å². The predicted molar refractivity (Wildman–Crippen MR) is 129 cm³/mol. The third kappa shape index (κ3) is 5.01. The molecule has 0 heterocycles. The number of allylic oxidation sites excluding steroid dienone is 3. The molecule has 0 N–H and O–H groups in total. The number of fused-ring (bicyclic) bond motifs is 3. The third-order valence-electron chi connectivity index (χ3n) is 7.85. The van der Waals surface area contributed by atoms with E-state index in [-0.39, 0.29) is 17.5 Å². The van der Waals surface area contributed by atoms with Crippen molar-refractivity contribution < 1.29 is 14.0 Å². The quantitative estimate of drug-likeness (QED) is 0.113. The molecule has 30 heavy (non-hydrogen) atoms. The molecule has 0 aromatic heterocycles. The van der Waals surface area contributed by atoms with E-state index in [1.807, 2.05) is 6.08 Å². The molecule has 0 saturated heterocycles. The van der Waals surface area contributed by atoms with Crippen LogP contribution in [0.15, 0.2) is 48.8 Å². The number of carbonyl (C=O) groups excluding carboxylic acids is 1. The van der Waals surface area contributed by atoms with Crippen LogP contribution in [-0.2, 0) is 14.0 Å². The summed E-state index contributed by atoms with van der Waals surface area (Å²) in [6.07, 6.45) is 8.56. The molecule has 3 aliphatic rings. The van der Waals surface area contributed by atoms with Gasteiger partial charge in [0.15, 0.2) is 0 Å². The van der Waals surface area contributed by atoms with Gasteiger partial charge in [0.05, 0.1) is 5.76 Å². The summed E-state index contributed by atoms with van der Waals surface area (Å²) in [5, 5.41) is 0. The van der Waals surface area contributed by atoms with Crippen molar-refractivity contribution in [2.45, 2.75) is 91.0 Å². The Hall–Kier alpha value is -1.55. The lowest BCUT2D eigenvalue weighted by Crippen LogP contribution is -2.52. The Bertz CT molecular complexity index is 695. The third-order valence-corrected chi connectivity index (χ3v) is 12.4. The molecule has 3 rings (SSSR count). The van der Waals surface area contributed by atoms with Crippen LogP contribution in [0.5, 0.6) is 0 Å². The van der Waals surface area contributed by atoms with E-state index in [2.05, 4.69) is 53.5 Å². The zero-order valence-electron chi connectivity index (χ0n) is 19.9. The fraction of sp³-hybridized carbons (Fsp3) is 0.654. The maximum atomic E-state index is 12.1. The van der Waals surface area contributed by atoms with Crippen molar-refractivity contribution in [1.29, 1.82) is 0 Å². The Morgan fingerprint density at radius 2 is 1.90 bits per heavy atom. The summed E-state index contributed by atoms with van der Waals surface area (Å²) in [4.78, 5) is 12.1. The highest BCUT2D eigenvalue weighted by molar-refractivity contribution is 6.73. The van der Waals surface area contributed by atoms with Gasteiger partial charge in [-0.2, -0.15) is 0 Å². The first-order chi connectivity index (χ1) is 14.2. The first-order valence-corrected chi connectivity index (χ1v) is 14.2. The Morgan fingerprint density at radius 3 is 2.37 bits per heavy atom. The molecule has 0 unspecified atom stereocenters. The monoisotopic (exact) mass is 430 g/mol. The number of hydrogen-bond donors (Lipinski definition) is 0. The minimum absolute atomic E-state index is 0.110. The van der Waals surface area contributed by atoms with E-state index in [4.69, 9.17) is 9.16 Å². The van der Waals surface area contributed by atoms with Crippen LogP contribution in [0, 0.1) is 17.3 Å². The predicted octanol–water partition coefficient (Wildman–Crippen LogP) is 7.34. The first kappa shape index (κ1) is 24.7. The van der Waals surface area contributed by atoms with Crippen LogP contribution < -0.4 is 0 Å². The number of carbonyl (C=O) groups is 1. The van der Waals surface area contributed by atoms with Gasteiger partial charge in [-0.25, -0.2) is 0 Å². The molecule has 3 aliphatic carbocycles. The van der Waals surface area contributed by atoms with E-state index < -0.39 is 8.32 Å². The minimum atomic E-state index is -1.78. The summed E-state index contributed by atoms with van der Waals surface area (Å²) in [7, 11) is -1.78. The van der Waals surface area contributed by atoms with E-state index in [1.165, 1.54) is 18.1 Å². The maximum absolute atomic E-state index is 12.1. The molecule has 0 amide bonds. The molecule has 3 saturated carbocycles. The lowest BCUT2D eigenvalue weighted by atomic mass is 9.50. The van der Waals surface area contributed by atoms with Crippen molar-refractivity contribution >= 4 is 14.3 Å². The van der Waals surface area contributed by atoms with Gasteiger partial charge in [-0.05, 0) is 74.7 Å². The summed E-state index contributed by atoms with van der Waals surface area (Å²) in [6.45, 7) is 23.0. The molecule has 2 bridgehead atoms. The molecular formula is C26H42O3Si. The van der Waals surface area contributed by atoms with Gasteiger partial charge in [0.25, 0.3) is 0 Å². The van der Waals surface area contributed by atoms with Gasteiger partial charge in [0, 0.05) is 18.8 Å². The molecule has 4 heteroatoms. The van der Waals surface area contributed by atoms with Crippen LogP contribution in [0.3, 0.4) is 0 Å². The highest BCUT2D eigenvalue weighted by Gasteiger charge is 2.54. The molecule has 0 aromatic carbocycles. The second kappa shape index (κ2) is 10.2. The van der Waals surface area contributed by atoms with Gasteiger partial charge < -0.3 is 9.16 Å². The number of hydrogen-bond acceptors (Lipinski definition) is 3. The fourth-order valence-electron chi connectivity index (χ4n) is 5.80. The summed E-state index contributed by atoms with van der Waals surface area (Å²) in [6, 6.07) is 3.25. The average molecular weight is 431 g/mol. The lowest BCUT2D eigenvalue weighted by Gasteiger charge is -2.56. The lowest BCUT2D eigenvalue weighted by molar-refractivity contribution is -0.161. The SMILES string of the molecule is C=C/C(=C\C[C@H](OC(C)=O)[C@@]12CC[C@@H](C[C@H]1C(=C)C)C(=C)C2)O[Si](CC)(CC)CC. The second-order valence-corrected chi connectivity index (χ2v) is 14.1. The molecule has 0 aliphatic heterocycles. The maximum Gasteiger partial charge on any atom is 0.302 e. The van der Waals surface area contributed by atoms with E-state index in [1.54, 1.807) is 0 Å². The average Bonchev–Trinajstić information content (AvgIpc) is 2.73. The van der Waals surface area contributed by atoms with Crippen molar-refractivity contribution in [3.63, 3.8) is 0 Å². The van der Waals surface area contributed by atoms with Gasteiger partial charge in [-0.3, -0.25) is 4.79 Å². The zero-order chi connectivity index (χ0) is 22.5. The normalized spacial score (nSPS) is 27.5. The Morgan fingerprint density at radius 1 is 1.27 bits per heavy atom. The van der Waals surface area contributed by atoms with E-state index in [0.29, 0.717) is 18.3 Å². The summed E-state index contributed by atoms with van der Waals surface area (Å²) < 4.78 is 12.6. The number of ether oxygens (including phenoxy) is 1. The number of rotatable bonds is 11. The van der Waals surface area contributed by atoms with E-state index in [0.717, 1.165) is 49.6 Å². The van der Waals surface area contributed by atoms with E-state index in [9.17, 15) is 4.79 Å². The Balaban J connectivity index is 2.35. The van der Waals surface area contributed by atoms with Crippen LogP contribution in [0.4, 0.5) is 0 Å². The van der Waals surface area contributed by atoms with Crippen LogP contribution in [0.1, 0.15) is 66.7 Å². The summed E-state index contributed by atoms with van der Waals surface area (Å²) >= 11 is 0. The van der Waals surface area contributed by atoms with Crippen molar-refractivity contribution in [3.05, 3.63) is 48.8 Å². The first-order valence-electron chi connectivity index (χ1n) is 11.7. The van der Waals surface area contributed by atoms with Crippen LogP contribution >= 0.6 is 0 Å². The molecular weight excluding hydrogens is 388 g/mol. The molecule has 0 radical (unpaired) electrons. The standard InChI is InChI=1S/C26H42O3Si/c1-9-23(29-30(10-2,11-3)12-4)13-14-25(28-21(8)27)26-16-15-22(20(7)18-26)17-24(26)19(5)6/h9,13,22,24-25H,1,5,7,10-12,14-18H2,2-4,6,8H3/b23-13+/t22-,24-,25-,26+/m0/s1. The van der Waals surface area contributed by atoms with Crippen molar-refractivity contribution in [2.75, 3.05) is 0 Å². The highest BCUT2D eigenvalue weighted by Crippen LogP contribution is 2.60. The second-order valence-electron chi connectivity index (χ2n) is 9.43. The van der Waals surface area contributed by atoms with Crippen molar-refractivity contribution in [3.8, 4) is 0 Å². The summed E-state index contributed by atoms with van der Waals surface area (Å²) in [5.74, 6) is 1.57. The highest BCUT2D eigenvalue weighted by atomic mass is 28.4. The van der Waals surface area contributed by atoms with Gasteiger partial charge in [0.1, 0.15) is 6.10 Å². The van der Waals surface area contributed by atoms with Gasteiger partial charge in [0.2, 0.25) is 8.32 Å². The molecule has 168 valence electrons. The van der Waals surface area contributed by atoms with Crippen molar-refractivity contribution in [2.24, 2.45) is 17.3 Å². The van der Waals surface area contributed by atoms with Crippen LogP contribution in [0.25, 0.3) is 0 Å². The Labute approximate surface area is 185 Å². The van der Waals surface area contributed by atoms with Gasteiger partial charge in [-0.15, -0.1) is 0 Å². The Kier molecular flexibility index (Phi) is 8.38. The van der Waals surface area contributed by atoms with Gasteiger partial charge >= 0.3 is 5.97 Å². The topological polar surface area (TPSA) is 35.5 Å². The van der Waals surface area contributed by atoms with Crippen LogP contribution in [-0.4, -0.2) is 20.4 Å². The summed E-state index contributed by atoms with van der Waals surface area (Å²) in [5.41, 5.74) is 2.40. The van der Waals surface area contributed by atoms with Crippen LogP contribution in [0.2, 0.25) is 18.1 Å². The molecule has 0 spiro atoms. The molecule has 3 fully saturated rings. The minimum Gasteiger partial charge on any atom is -0.544 e. The largest absolute Gasteiger partial charge is 0.544 e. The zero-order valence-corrected chi connectivity index (χ0v) is 20.9. The molecule has 0 aromatic rings. The smallest absolute Gasteiger partial charge is 0.302 e. The number of esters is 1. The van der Waals surface area contributed by atoms with Crippen molar-refractivity contribution in [1.82, 2.24) is 0 Å². The molecule has 4 atom stereocenters. The molecule has 3 nitrogen and oxygen atoms in total. The fourth-order valence-corrected chi connectivity index (χ4v) is 8.40.